The van der Waals surface area contributed by atoms with Gasteiger partial charge >= 0.3 is 0 Å². The van der Waals surface area contributed by atoms with E-state index in [1.54, 1.807) is 0 Å². The van der Waals surface area contributed by atoms with Crippen LogP contribution in [0, 0.1) is 29.1 Å². The molecule has 4 saturated carbocycles. The first-order valence-electron chi connectivity index (χ1n) is 13.1. The molecule has 0 aromatic heterocycles. The van der Waals surface area contributed by atoms with Crippen LogP contribution in [0.5, 0.6) is 0 Å². The van der Waals surface area contributed by atoms with Gasteiger partial charge in [-0.3, -0.25) is 19.3 Å². The Balaban J connectivity index is 1.05. The summed E-state index contributed by atoms with van der Waals surface area (Å²) in [6, 6.07) is 7.85. The van der Waals surface area contributed by atoms with Crippen LogP contribution in [0.3, 0.4) is 0 Å². The van der Waals surface area contributed by atoms with E-state index in [4.69, 9.17) is 5.73 Å². The number of carbonyl (C=O) groups is 3. The Bertz CT molecular complexity index is 893. The van der Waals surface area contributed by atoms with E-state index in [1.165, 1.54) is 19.3 Å². The monoisotopic (exact) mass is 466 g/mol. The van der Waals surface area contributed by atoms with Crippen molar-refractivity contribution in [2.45, 2.75) is 64.3 Å². The third kappa shape index (κ3) is 5.14. The molecule has 3 amide bonds. The van der Waals surface area contributed by atoms with Crippen LogP contribution >= 0.6 is 0 Å². The number of nitrogens with zero attached hydrogens (tertiary/aromatic N) is 1. The molecule has 1 saturated heterocycles. The molecule has 184 valence electrons. The summed E-state index contributed by atoms with van der Waals surface area (Å²) in [7, 11) is 0. The first kappa shape index (κ1) is 23.3. The Hall–Kier alpha value is -2.41. The topological polar surface area (TPSA) is 105 Å². The first-order chi connectivity index (χ1) is 16.4. The van der Waals surface area contributed by atoms with Gasteiger partial charge < -0.3 is 16.4 Å². The van der Waals surface area contributed by atoms with Crippen molar-refractivity contribution in [2.24, 2.45) is 34.8 Å². The second-order valence-electron chi connectivity index (χ2n) is 11.4. The number of nitrogens with two attached hydrogens (primary N) is 1. The summed E-state index contributed by atoms with van der Waals surface area (Å²) in [6.45, 7) is 2.84. The molecule has 6 rings (SSSR count). The zero-order chi connectivity index (χ0) is 23.7. The van der Waals surface area contributed by atoms with Crippen LogP contribution in [-0.2, 0) is 20.9 Å². The molecule has 1 heterocycles. The average Bonchev–Trinajstić information content (AvgIpc) is 2.79. The summed E-state index contributed by atoms with van der Waals surface area (Å²) in [5, 5.41) is 6.02. The van der Waals surface area contributed by atoms with Gasteiger partial charge in [-0.2, -0.15) is 0 Å². The highest BCUT2D eigenvalue weighted by Crippen LogP contribution is 2.60. The van der Waals surface area contributed by atoms with E-state index >= 15 is 0 Å². The molecule has 4 aliphatic carbocycles. The van der Waals surface area contributed by atoms with E-state index in [0.717, 1.165) is 74.2 Å². The average molecular weight is 467 g/mol. The smallest absolute Gasteiger partial charge is 0.226 e. The van der Waals surface area contributed by atoms with Crippen molar-refractivity contribution in [1.82, 2.24) is 10.2 Å². The fraction of sp³-hybridized carbons (Fsp3) is 0.667. The van der Waals surface area contributed by atoms with Crippen LogP contribution < -0.4 is 16.4 Å². The highest BCUT2D eigenvalue weighted by molar-refractivity contribution is 5.91. The number of piperidine rings is 1. The number of hydrogen-bond donors (Lipinski definition) is 3. The minimum atomic E-state index is -0.211. The summed E-state index contributed by atoms with van der Waals surface area (Å²) in [5.74, 6) is 2.04. The minimum Gasteiger partial charge on any atom is -0.369 e. The molecule has 1 aromatic rings. The van der Waals surface area contributed by atoms with E-state index < -0.39 is 0 Å². The Labute approximate surface area is 202 Å². The number of likely N-dealkylation sites (tertiary alicyclic amines) is 1. The number of nitrogens with one attached hydrogen (secondary N) is 2. The van der Waals surface area contributed by atoms with Crippen molar-refractivity contribution in [3.63, 3.8) is 0 Å². The third-order valence-electron chi connectivity index (χ3n) is 8.71. The van der Waals surface area contributed by atoms with Crippen molar-refractivity contribution < 1.29 is 14.4 Å². The molecule has 0 radical (unpaired) electrons. The largest absolute Gasteiger partial charge is 0.369 e. The maximum absolute atomic E-state index is 13.0. The molecule has 5 aliphatic rings. The van der Waals surface area contributed by atoms with Gasteiger partial charge in [0.15, 0.2) is 0 Å². The lowest BCUT2D eigenvalue weighted by atomic mass is 9.49. The van der Waals surface area contributed by atoms with Gasteiger partial charge in [-0.25, -0.2) is 0 Å². The van der Waals surface area contributed by atoms with Gasteiger partial charge in [0, 0.05) is 37.2 Å². The molecule has 7 nitrogen and oxygen atoms in total. The summed E-state index contributed by atoms with van der Waals surface area (Å²) in [4.78, 5) is 39.2. The fourth-order valence-electron chi connectivity index (χ4n) is 7.47. The number of primary amides is 1. The summed E-state index contributed by atoms with van der Waals surface area (Å²) >= 11 is 0. The number of benzene rings is 1. The van der Waals surface area contributed by atoms with E-state index in [2.05, 4.69) is 15.5 Å². The molecule has 1 aliphatic heterocycles. The van der Waals surface area contributed by atoms with E-state index in [1.807, 2.05) is 24.3 Å². The van der Waals surface area contributed by atoms with Crippen LogP contribution in [0.4, 0.5) is 5.69 Å². The number of amides is 3. The number of anilines is 1. The van der Waals surface area contributed by atoms with Gasteiger partial charge in [0.2, 0.25) is 17.7 Å². The Morgan fingerprint density at radius 1 is 1.00 bits per heavy atom. The second-order valence-corrected chi connectivity index (χ2v) is 11.4. The van der Waals surface area contributed by atoms with Crippen molar-refractivity contribution in [1.29, 1.82) is 0 Å². The molecule has 4 N–H and O–H groups in total. The quantitative estimate of drug-likeness (QED) is 0.548. The lowest BCUT2D eigenvalue weighted by Crippen LogP contribution is -2.53. The first-order valence-corrected chi connectivity index (χ1v) is 13.1. The second kappa shape index (κ2) is 9.68. The Morgan fingerprint density at radius 3 is 2.26 bits per heavy atom. The highest BCUT2D eigenvalue weighted by Gasteiger charge is 2.54. The summed E-state index contributed by atoms with van der Waals surface area (Å²) in [5.41, 5.74) is 7.22. The number of rotatable bonds is 8. The Morgan fingerprint density at radius 2 is 1.65 bits per heavy atom. The lowest BCUT2D eigenvalue weighted by molar-refractivity contribution is -0.146. The van der Waals surface area contributed by atoms with Crippen molar-refractivity contribution >= 4 is 23.4 Å². The molecule has 5 fully saturated rings. The molecule has 7 heteroatoms. The van der Waals surface area contributed by atoms with Crippen LogP contribution in [0.1, 0.15) is 63.4 Å². The lowest BCUT2D eigenvalue weighted by Gasteiger charge is -2.55. The van der Waals surface area contributed by atoms with E-state index in [-0.39, 0.29) is 35.5 Å². The predicted octanol–water partition coefficient (Wildman–Crippen LogP) is 3.05. The van der Waals surface area contributed by atoms with Gasteiger partial charge in [0.05, 0.1) is 5.92 Å². The zero-order valence-corrected chi connectivity index (χ0v) is 20.1. The number of hydrogen-bond acceptors (Lipinski definition) is 4. The fourth-order valence-corrected chi connectivity index (χ4v) is 7.47. The van der Waals surface area contributed by atoms with Gasteiger partial charge in [0.1, 0.15) is 0 Å². The molecule has 1 unspecified atom stereocenters. The molecule has 1 atom stereocenters. The van der Waals surface area contributed by atoms with E-state index in [0.29, 0.717) is 13.1 Å². The van der Waals surface area contributed by atoms with Crippen molar-refractivity contribution in [2.75, 3.05) is 25.0 Å². The van der Waals surface area contributed by atoms with Gasteiger partial charge in [-0.05, 0) is 93.4 Å². The molecule has 4 bridgehead atoms. The van der Waals surface area contributed by atoms with Gasteiger partial charge in [0.25, 0.3) is 0 Å². The SMILES string of the molecule is NC(=O)C1CCCN(Cc2ccc(NC(=O)CCNC(=O)C34CC5CC(CC(C5)C3)C4)cc2)C1. The zero-order valence-electron chi connectivity index (χ0n) is 20.1. The summed E-state index contributed by atoms with van der Waals surface area (Å²) in [6.07, 6.45) is 9.24. The minimum absolute atomic E-state index is 0.0595. The van der Waals surface area contributed by atoms with Crippen LogP contribution in [-0.4, -0.2) is 42.3 Å². The third-order valence-corrected chi connectivity index (χ3v) is 8.71. The molecular weight excluding hydrogens is 428 g/mol. The summed E-state index contributed by atoms with van der Waals surface area (Å²) < 4.78 is 0. The molecular formula is C27H38N4O3. The highest BCUT2D eigenvalue weighted by atomic mass is 16.2. The maximum Gasteiger partial charge on any atom is 0.226 e. The number of carbonyl (C=O) groups excluding carboxylic acids is 3. The molecule has 0 spiro atoms. The van der Waals surface area contributed by atoms with Crippen molar-refractivity contribution in [3.8, 4) is 0 Å². The van der Waals surface area contributed by atoms with Crippen LogP contribution in [0.2, 0.25) is 0 Å². The molecule has 34 heavy (non-hydrogen) atoms. The van der Waals surface area contributed by atoms with Crippen LogP contribution in [0.15, 0.2) is 24.3 Å². The predicted molar refractivity (Wildman–Crippen MR) is 130 cm³/mol. The van der Waals surface area contributed by atoms with Gasteiger partial charge in [-0.1, -0.05) is 12.1 Å². The molecule has 1 aromatic carbocycles. The normalized spacial score (nSPS) is 32.4. The van der Waals surface area contributed by atoms with Crippen LogP contribution in [0.25, 0.3) is 0 Å². The Kier molecular flexibility index (Phi) is 6.65. The van der Waals surface area contributed by atoms with E-state index in [9.17, 15) is 14.4 Å². The maximum atomic E-state index is 13.0. The van der Waals surface area contributed by atoms with Gasteiger partial charge in [-0.15, -0.1) is 0 Å². The standard InChI is InChI=1S/C27H38N4O3/c28-25(33)22-2-1-9-31(17-22)16-18-3-5-23(6-4-18)30-24(32)7-8-29-26(34)27-13-19-10-20(14-27)12-21(11-19)15-27/h3-6,19-22H,1-2,7-17H2,(H2,28,33)(H,29,34)(H,30,32). The van der Waals surface area contributed by atoms with Crippen molar-refractivity contribution in [3.05, 3.63) is 29.8 Å².